The summed E-state index contributed by atoms with van der Waals surface area (Å²) in [4.78, 5) is 14.5. The van der Waals surface area contributed by atoms with E-state index in [1.165, 1.54) is 35.1 Å². The van der Waals surface area contributed by atoms with Crippen LogP contribution in [0.4, 0.5) is 0 Å². The van der Waals surface area contributed by atoms with Crippen LogP contribution in [0.2, 0.25) is 0 Å². The summed E-state index contributed by atoms with van der Waals surface area (Å²) in [5.41, 5.74) is 3.03. The summed E-state index contributed by atoms with van der Waals surface area (Å²) in [5, 5.41) is 0. The van der Waals surface area contributed by atoms with Crippen molar-refractivity contribution in [1.29, 1.82) is 0 Å². The highest BCUT2D eigenvalue weighted by Gasteiger charge is 2.33. The lowest BCUT2D eigenvalue weighted by Gasteiger charge is -2.36. The van der Waals surface area contributed by atoms with E-state index in [4.69, 9.17) is 4.74 Å². The molecule has 2 aromatic rings. The zero-order valence-corrected chi connectivity index (χ0v) is 18.4. The Kier molecular flexibility index (Phi) is 5.99. The molecule has 0 aliphatic carbocycles. The molecule has 1 aromatic heterocycles. The summed E-state index contributed by atoms with van der Waals surface area (Å²) >= 11 is 0. The highest BCUT2D eigenvalue weighted by atomic mass is 32.2. The van der Waals surface area contributed by atoms with E-state index in [0.717, 1.165) is 38.9 Å². The first-order valence-electron chi connectivity index (χ1n) is 10.4. The van der Waals surface area contributed by atoms with Crippen LogP contribution in [0.3, 0.4) is 0 Å². The fourth-order valence-corrected chi connectivity index (χ4v) is 6.23. The number of aryl methyl sites for hydroxylation is 1. The predicted octanol–water partition coefficient (Wildman–Crippen LogP) is 2.27. The van der Waals surface area contributed by atoms with Crippen LogP contribution >= 0.6 is 0 Å². The Morgan fingerprint density at radius 3 is 2.73 bits per heavy atom. The molecule has 0 unspecified atom stereocenters. The molecule has 1 atom stereocenters. The number of piperidine rings is 1. The molecule has 0 amide bonds. The minimum Gasteiger partial charge on any atom is -0.464 e. The van der Waals surface area contributed by atoms with Crippen molar-refractivity contribution in [2.75, 3.05) is 33.3 Å². The van der Waals surface area contributed by atoms with Crippen LogP contribution in [0, 0.1) is 5.92 Å². The van der Waals surface area contributed by atoms with Gasteiger partial charge in [0.25, 0.3) is 0 Å². The molecular weight excluding hydrogens is 402 g/mol. The number of carbonyl (C=O) groups excluding carboxylic acids is 1. The predicted molar refractivity (Wildman–Crippen MR) is 114 cm³/mol. The number of carbonyl (C=O) groups is 1. The molecule has 1 fully saturated rings. The van der Waals surface area contributed by atoms with Gasteiger partial charge in [0.05, 0.1) is 7.11 Å². The van der Waals surface area contributed by atoms with E-state index in [9.17, 15) is 13.2 Å². The highest BCUT2D eigenvalue weighted by Crippen LogP contribution is 2.27. The van der Waals surface area contributed by atoms with Crippen LogP contribution in [-0.4, -0.2) is 61.4 Å². The number of rotatable bonds is 5. The van der Waals surface area contributed by atoms with Gasteiger partial charge in [0.2, 0.25) is 10.0 Å². The fourth-order valence-electron chi connectivity index (χ4n) is 4.60. The number of benzene rings is 1. The van der Waals surface area contributed by atoms with Crippen molar-refractivity contribution in [3.63, 3.8) is 0 Å². The zero-order valence-electron chi connectivity index (χ0n) is 17.6. The molecule has 0 saturated carbocycles. The second-order valence-corrected chi connectivity index (χ2v) is 10.2. The molecule has 8 heteroatoms. The van der Waals surface area contributed by atoms with Crippen LogP contribution < -0.4 is 0 Å². The number of ether oxygens (including phenoxy) is 1. The molecule has 0 radical (unpaired) electrons. The molecule has 0 bridgehead atoms. The van der Waals surface area contributed by atoms with Crippen molar-refractivity contribution in [2.45, 2.75) is 30.7 Å². The first-order valence-corrected chi connectivity index (χ1v) is 11.9. The zero-order chi connectivity index (χ0) is 21.3. The van der Waals surface area contributed by atoms with Gasteiger partial charge in [-0.05, 0) is 42.4 Å². The van der Waals surface area contributed by atoms with Crippen molar-refractivity contribution < 1.29 is 17.9 Å². The summed E-state index contributed by atoms with van der Waals surface area (Å²) in [5.74, 6) is -0.233. The normalized spacial score (nSPS) is 20.7. The molecular formula is C22H29N3O4S. The molecule has 0 spiro atoms. The van der Waals surface area contributed by atoms with Crippen LogP contribution in [0.1, 0.15) is 34.5 Å². The smallest absolute Gasteiger partial charge is 0.354 e. The second-order valence-electron chi connectivity index (χ2n) is 8.29. The number of aromatic nitrogens is 1. The van der Waals surface area contributed by atoms with Gasteiger partial charge in [-0.2, -0.15) is 4.31 Å². The average Bonchev–Trinajstić information content (AvgIpc) is 3.16. The molecule has 1 saturated heterocycles. The van der Waals surface area contributed by atoms with Gasteiger partial charge in [-0.25, -0.2) is 13.2 Å². The number of hydrogen-bond acceptors (Lipinski definition) is 5. The monoisotopic (exact) mass is 431 g/mol. The van der Waals surface area contributed by atoms with Crippen molar-refractivity contribution in [3.8, 4) is 0 Å². The maximum Gasteiger partial charge on any atom is 0.354 e. The molecule has 2 aliphatic rings. The Bertz CT molecular complexity index is 1030. The number of methoxy groups -OCH3 is 1. The number of esters is 1. The number of nitrogens with zero attached hydrogens (tertiary/aromatic N) is 3. The summed E-state index contributed by atoms with van der Waals surface area (Å²) < 4.78 is 34.2. The largest absolute Gasteiger partial charge is 0.464 e. The van der Waals surface area contributed by atoms with E-state index in [1.54, 1.807) is 11.4 Å². The van der Waals surface area contributed by atoms with Crippen LogP contribution in [-0.2, 0) is 34.8 Å². The molecule has 4 rings (SSSR count). The lowest BCUT2D eigenvalue weighted by molar-refractivity contribution is 0.0590. The van der Waals surface area contributed by atoms with E-state index in [1.807, 2.05) is 0 Å². The lowest BCUT2D eigenvalue weighted by Crippen LogP contribution is -2.44. The standard InChI is InChI=1S/C22H29N3O4S/c1-23-16-20(12-21(23)22(26)29-2)30(27,28)25-10-5-6-17(14-25)13-24-11-9-18-7-3-4-8-19(18)15-24/h3-4,7-8,12,16-17H,5-6,9-11,13-15H2,1-2H3/t17-/m1/s1. The summed E-state index contributed by atoms with van der Waals surface area (Å²) in [6, 6.07) is 9.97. The maximum absolute atomic E-state index is 13.2. The number of hydrogen-bond donors (Lipinski definition) is 0. The van der Waals surface area contributed by atoms with E-state index >= 15 is 0 Å². The first-order chi connectivity index (χ1) is 14.4. The maximum atomic E-state index is 13.2. The SMILES string of the molecule is COC(=O)c1cc(S(=O)(=O)N2CCC[C@H](CN3CCc4ccccc4C3)C2)cn1C. The average molecular weight is 432 g/mol. The summed E-state index contributed by atoms with van der Waals surface area (Å²) in [6.07, 6.45) is 4.43. The van der Waals surface area contributed by atoms with E-state index in [0.29, 0.717) is 19.0 Å². The van der Waals surface area contributed by atoms with Crippen LogP contribution in [0.5, 0.6) is 0 Å². The van der Waals surface area contributed by atoms with Gasteiger partial charge in [0.1, 0.15) is 10.6 Å². The van der Waals surface area contributed by atoms with Gasteiger partial charge in [0.15, 0.2) is 0 Å². The van der Waals surface area contributed by atoms with Crippen molar-refractivity contribution in [2.24, 2.45) is 13.0 Å². The third-order valence-corrected chi connectivity index (χ3v) is 8.05. The molecule has 162 valence electrons. The first kappa shape index (κ1) is 21.1. The van der Waals surface area contributed by atoms with E-state index < -0.39 is 16.0 Å². The molecule has 2 aliphatic heterocycles. The number of sulfonamides is 1. The third kappa shape index (κ3) is 4.17. The van der Waals surface area contributed by atoms with Gasteiger partial charge in [0, 0.05) is 46.0 Å². The Morgan fingerprint density at radius 1 is 1.20 bits per heavy atom. The van der Waals surface area contributed by atoms with Crippen LogP contribution in [0.15, 0.2) is 41.4 Å². The quantitative estimate of drug-likeness (QED) is 0.679. The molecule has 0 N–H and O–H groups in total. The topological polar surface area (TPSA) is 71.8 Å². The Hall–Kier alpha value is -2.16. The molecule has 30 heavy (non-hydrogen) atoms. The van der Waals surface area contributed by atoms with Gasteiger partial charge in [-0.1, -0.05) is 24.3 Å². The molecule has 3 heterocycles. The third-order valence-electron chi connectivity index (χ3n) is 6.22. The second kappa shape index (κ2) is 8.53. The van der Waals surface area contributed by atoms with Crippen LogP contribution in [0.25, 0.3) is 0 Å². The molecule has 7 nitrogen and oxygen atoms in total. The summed E-state index contributed by atoms with van der Waals surface area (Å²) in [7, 11) is -0.701. The van der Waals surface area contributed by atoms with Crippen molar-refractivity contribution >= 4 is 16.0 Å². The van der Waals surface area contributed by atoms with Gasteiger partial charge in [-0.15, -0.1) is 0 Å². The lowest BCUT2D eigenvalue weighted by atomic mass is 9.95. The van der Waals surface area contributed by atoms with Gasteiger partial charge >= 0.3 is 5.97 Å². The van der Waals surface area contributed by atoms with E-state index in [2.05, 4.69) is 29.2 Å². The number of fused-ring (bicyclic) bond motifs is 1. The summed E-state index contributed by atoms with van der Waals surface area (Å²) in [6.45, 7) is 3.89. The van der Waals surface area contributed by atoms with Gasteiger partial charge < -0.3 is 9.30 Å². The molecule has 1 aromatic carbocycles. The minimum atomic E-state index is -3.64. The highest BCUT2D eigenvalue weighted by molar-refractivity contribution is 7.89. The van der Waals surface area contributed by atoms with Gasteiger partial charge in [-0.3, -0.25) is 4.90 Å². The Labute approximate surface area is 178 Å². The Balaban J connectivity index is 1.44. The fraction of sp³-hybridized carbons (Fsp3) is 0.500. The Morgan fingerprint density at radius 2 is 1.97 bits per heavy atom. The van der Waals surface area contributed by atoms with Crippen molar-refractivity contribution in [1.82, 2.24) is 13.8 Å². The minimum absolute atomic E-state index is 0.151. The van der Waals surface area contributed by atoms with Crippen molar-refractivity contribution in [3.05, 3.63) is 53.3 Å². The van der Waals surface area contributed by atoms with E-state index in [-0.39, 0.29) is 10.6 Å².